The van der Waals surface area contributed by atoms with E-state index in [1.165, 1.54) is 0 Å². The maximum Gasteiger partial charge on any atom is 0.335 e. The second-order valence-electron chi connectivity index (χ2n) is 4.50. The lowest BCUT2D eigenvalue weighted by molar-refractivity contribution is 0.0696. The van der Waals surface area contributed by atoms with E-state index < -0.39 is 41.4 Å². The van der Waals surface area contributed by atoms with Crippen LogP contribution in [0.15, 0.2) is 30.3 Å². The maximum atomic E-state index is 13.7. The molecule has 0 radical (unpaired) electrons. The van der Waals surface area contributed by atoms with Crippen molar-refractivity contribution in [3.05, 3.63) is 64.5 Å². The molecule has 0 unspecified atom stereocenters. The molecule has 0 aliphatic rings. The molecular weight excluding hydrogens is 301 g/mol. The van der Waals surface area contributed by atoms with E-state index in [1.807, 2.05) is 0 Å². The molecule has 2 rings (SSSR count). The van der Waals surface area contributed by atoms with Gasteiger partial charge in [-0.2, -0.15) is 0 Å². The number of carbonyl (C=O) groups is 2. The van der Waals surface area contributed by atoms with Crippen LogP contribution in [-0.2, 0) is 6.42 Å². The third-order valence-electron chi connectivity index (χ3n) is 2.99. The van der Waals surface area contributed by atoms with Crippen molar-refractivity contribution in [1.82, 2.24) is 0 Å². The first kappa shape index (κ1) is 15.6. The first-order chi connectivity index (χ1) is 10.3. The minimum absolute atomic E-state index is 0.108. The number of rotatable bonds is 4. The molecule has 0 spiro atoms. The predicted octanol–water partition coefficient (Wildman–Crippen LogP) is 2.93. The van der Waals surface area contributed by atoms with E-state index in [-0.39, 0.29) is 16.7 Å². The minimum atomic E-state index is -1.32. The van der Waals surface area contributed by atoms with Gasteiger partial charge in [0, 0.05) is 12.0 Å². The summed E-state index contributed by atoms with van der Waals surface area (Å²) >= 11 is 0. The molecule has 2 aromatic rings. The molecule has 0 bridgehead atoms. The van der Waals surface area contributed by atoms with Gasteiger partial charge >= 0.3 is 5.97 Å². The zero-order valence-corrected chi connectivity index (χ0v) is 10.9. The fourth-order valence-electron chi connectivity index (χ4n) is 1.83. The molecule has 22 heavy (non-hydrogen) atoms. The molecule has 0 saturated heterocycles. The molecule has 0 saturated carbocycles. The number of phenols is 1. The number of halogens is 3. The smallest absolute Gasteiger partial charge is 0.335 e. The van der Waals surface area contributed by atoms with Gasteiger partial charge in [0.05, 0.1) is 5.56 Å². The first-order valence-electron chi connectivity index (χ1n) is 6.02. The summed E-state index contributed by atoms with van der Waals surface area (Å²) in [6.07, 6.45) is -0.505. The summed E-state index contributed by atoms with van der Waals surface area (Å²) in [7, 11) is 0. The lowest BCUT2D eigenvalue weighted by atomic mass is 10.0. The third-order valence-corrected chi connectivity index (χ3v) is 2.99. The highest BCUT2D eigenvalue weighted by Crippen LogP contribution is 2.22. The van der Waals surface area contributed by atoms with Gasteiger partial charge < -0.3 is 10.2 Å². The fraction of sp³-hybridized carbons (Fsp3) is 0.0667. The molecule has 0 aliphatic carbocycles. The number of aromatic carboxylic acids is 1. The van der Waals surface area contributed by atoms with Gasteiger partial charge in [-0.25, -0.2) is 18.0 Å². The van der Waals surface area contributed by atoms with Crippen LogP contribution in [0.25, 0.3) is 0 Å². The van der Waals surface area contributed by atoms with E-state index in [2.05, 4.69) is 0 Å². The number of hydrogen-bond donors (Lipinski definition) is 2. The standard InChI is InChI=1S/C15H9F3O4/c16-10-3-8(15(21)22)2-1-7(10)6-13(19)9-4-11(17)14(20)12(18)5-9/h1-5,20H,6H2,(H,21,22). The average Bonchev–Trinajstić information content (AvgIpc) is 2.46. The molecule has 7 heteroatoms. The second-order valence-corrected chi connectivity index (χ2v) is 4.50. The molecule has 0 heterocycles. The predicted molar refractivity (Wildman–Crippen MR) is 69.4 cm³/mol. The van der Waals surface area contributed by atoms with Crippen LogP contribution in [0, 0.1) is 17.5 Å². The highest BCUT2D eigenvalue weighted by Gasteiger charge is 2.17. The van der Waals surface area contributed by atoms with E-state index >= 15 is 0 Å². The molecule has 0 aliphatic heterocycles. The van der Waals surface area contributed by atoms with Gasteiger partial charge in [0.25, 0.3) is 0 Å². The van der Waals surface area contributed by atoms with Crippen molar-refractivity contribution in [3.8, 4) is 5.75 Å². The topological polar surface area (TPSA) is 74.6 Å². The summed E-state index contributed by atoms with van der Waals surface area (Å²) in [6.45, 7) is 0. The average molecular weight is 310 g/mol. The number of carboxylic acid groups (broad SMARTS) is 1. The van der Waals surface area contributed by atoms with E-state index in [0.29, 0.717) is 12.1 Å². The number of carbonyl (C=O) groups excluding carboxylic acids is 1. The molecule has 4 nitrogen and oxygen atoms in total. The van der Waals surface area contributed by atoms with Crippen LogP contribution in [0.5, 0.6) is 5.75 Å². The van der Waals surface area contributed by atoms with Crippen LogP contribution in [0.2, 0.25) is 0 Å². The van der Waals surface area contributed by atoms with Crippen LogP contribution < -0.4 is 0 Å². The van der Waals surface area contributed by atoms with Crippen LogP contribution in [-0.4, -0.2) is 22.0 Å². The quantitative estimate of drug-likeness (QED) is 0.852. The maximum absolute atomic E-state index is 13.7. The Bertz CT molecular complexity index is 748. The van der Waals surface area contributed by atoms with Gasteiger partial charge in [0.1, 0.15) is 5.82 Å². The Balaban J connectivity index is 2.28. The summed E-state index contributed by atoms with van der Waals surface area (Å²) in [4.78, 5) is 22.6. The van der Waals surface area contributed by atoms with Gasteiger partial charge in [-0.1, -0.05) is 6.07 Å². The number of carboxylic acids is 1. The van der Waals surface area contributed by atoms with Crippen molar-refractivity contribution in [2.24, 2.45) is 0 Å². The van der Waals surface area contributed by atoms with E-state index in [4.69, 9.17) is 10.2 Å². The largest absolute Gasteiger partial charge is 0.503 e. The normalized spacial score (nSPS) is 10.5. The molecular formula is C15H9F3O4. The molecule has 0 atom stereocenters. The van der Waals surface area contributed by atoms with Crippen molar-refractivity contribution < 1.29 is 33.0 Å². The Morgan fingerprint density at radius 2 is 1.45 bits per heavy atom. The van der Waals surface area contributed by atoms with E-state index in [1.54, 1.807) is 0 Å². The first-order valence-corrected chi connectivity index (χ1v) is 6.02. The van der Waals surface area contributed by atoms with Gasteiger partial charge in [-0.3, -0.25) is 4.79 Å². The molecule has 2 aromatic carbocycles. The van der Waals surface area contributed by atoms with Crippen molar-refractivity contribution in [1.29, 1.82) is 0 Å². The Labute approximate surface area is 122 Å². The zero-order valence-electron chi connectivity index (χ0n) is 10.9. The van der Waals surface area contributed by atoms with E-state index in [9.17, 15) is 22.8 Å². The summed E-state index contributed by atoms with van der Waals surface area (Å²) < 4.78 is 40.1. The highest BCUT2D eigenvalue weighted by atomic mass is 19.1. The SMILES string of the molecule is O=C(O)c1ccc(CC(=O)c2cc(F)c(O)c(F)c2)c(F)c1. The van der Waals surface area contributed by atoms with E-state index in [0.717, 1.165) is 18.2 Å². The summed E-state index contributed by atoms with van der Waals surface area (Å²) in [5, 5.41) is 17.7. The number of benzene rings is 2. The zero-order chi connectivity index (χ0) is 16.4. The third kappa shape index (κ3) is 3.08. The lowest BCUT2D eigenvalue weighted by Crippen LogP contribution is -2.07. The van der Waals surface area contributed by atoms with Gasteiger partial charge in [0.15, 0.2) is 23.2 Å². The number of phenolic OH excluding ortho intramolecular Hbond substituents is 1. The van der Waals surface area contributed by atoms with Crippen molar-refractivity contribution in [2.45, 2.75) is 6.42 Å². The molecule has 114 valence electrons. The summed E-state index contributed by atoms with van der Waals surface area (Å²) in [6, 6.07) is 4.27. The van der Waals surface area contributed by atoms with Gasteiger partial charge in [0.2, 0.25) is 0 Å². The number of aromatic hydroxyl groups is 1. The second kappa shape index (κ2) is 5.88. The van der Waals surface area contributed by atoms with Crippen molar-refractivity contribution >= 4 is 11.8 Å². The fourth-order valence-corrected chi connectivity index (χ4v) is 1.83. The number of Topliss-reactive ketones (excluding diaryl/α,β-unsaturated/α-hetero) is 1. The number of hydrogen-bond acceptors (Lipinski definition) is 3. The molecule has 0 fully saturated rings. The lowest BCUT2D eigenvalue weighted by Gasteiger charge is -2.06. The van der Waals surface area contributed by atoms with Crippen LogP contribution in [0.4, 0.5) is 13.2 Å². The minimum Gasteiger partial charge on any atom is -0.503 e. The highest BCUT2D eigenvalue weighted by molar-refractivity contribution is 5.97. The Morgan fingerprint density at radius 1 is 0.909 bits per heavy atom. The van der Waals surface area contributed by atoms with Gasteiger partial charge in [-0.05, 0) is 29.8 Å². The molecule has 0 aromatic heterocycles. The van der Waals surface area contributed by atoms with Crippen LogP contribution >= 0.6 is 0 Å². The van der Waals surface area contributed by atoms with Crippen molar-refractivity contribution in [2.75, 3.05) is 0 Å². The monoisotopic (exact) mass is 310 g/mol. The van der Waals surface area contributed by atoms with Crippen molar-refractivity contribution in [3.63, 3.8) is 0 Å². The summed E-state index contributed by atoms with van der Waals surface area (Å²) in [5.41, 5.74) is -0.756. The van der Waals surface area contributed by atoms with Gasteiger partial charge in [-0.15, -0.1) is 0 Å². The van der Waals surface area contributed by atoms with Crippen LogP contribution in [0.1, 0.15) is 26.3 Å². The van der Waals surface area contributed by atoms with Crippen LogP contribution in [0.3, 0.4) is 0 Å². The molecule has 0 amide bonds. The summed E-state index contributed by atoms with van der Waals surface area (Å²) in [5.74, 6) is -6.81. The number of ketones is 1. The Kier molecular flexibility index (Phi) is 4.16. The Hall–Kier alpha value is -2.83. The Morgan fingerprint density at radius 3 is 1.95 bits per heavy atom. The molecule has 2 N–H and O–H groups in total.